The van der Waals surface area contributed by atoms with E-state index in [-0.39, 0.29) is 18.0 Å². The number of hydrogen-bond acceptors (Lipinski definition) is 4. The van der Waals surface area contributed by atoms with E-state index in [0.29, 0.717) is 13.1 Å². The molecular weight excluding hydrogens is 385 g/mol. The van der Waals surface area contributed by atoms with Crippen LogP contribution in [0.2, 0.25) is 0 Å². The Hall–Kier alpha value is -2.65. The van der Waals surface area contributed by atoms with Crippen LogP contribution in [0.4, 0.5) is 29.5 Å². The average molecular weight is 410 g/mol. The lowest BCUT2D eigenvalue weighted by atomic mass is 9.90. The summed E-state index contributed by atoms with van der Waals surface area (Å²) in [5.74, 6) is 1.01. The molecule has 0 bridgehead atoms. The lowest BCUT2D eigenvalue weighted by Crippen LogP contribution is -2.44. The third kappa shape index (κ3) is 3.56. The third-order valence-electron chi connectivity index (χ3n) is 5.92. The molecule has 0 radical (unpaired) electrons. The van der Waals surface area contributed by atoms with Crippen LogP contribution in [0, 0.1) is 11.8 Å². The van der Waals surface area contributed by atoms with Gasteiger partial charge in [0.1, 0.15) is 12.7 Å². The van der Waals surface area contributed by atoms with Gasteiger partial charge in [0.05, 0.1) is 11.9 Å². The highest BCUT2D eigenvalue weighted by Gasteiger charge is 2.44. The van der Waals surface area contributed by atoms with Gasteiger partial charge in [-0.1, -0.05) is 13.3 Å². The third-order valence-corrected chi connectivity index (χ3v) is 5.92. The summed E-state index contributed by atoms with van der Waals surface area (Å²) in [6, 6.07) is 1.32. The van der Waals surface area contributed by atoms with E-state index in [2.05, 4.69) is 39.8 Å². The van der Waals surface area contributed by atoms with Gasteiger partial charge in [-0.3, -0.25) is 0 Å². The number of carbonyl (C=O) groups excluding carboxylic acids is 1. The van der Waals surface area contributed by atoms with E-state index in [0.717, 1.165) is 30.2 Å². The number of nitrogens with zero attached hydrogens (tertiary/aromatic N) is 4. The van der Waals surface area contributed by atoms with Crippen molar-refractivity contribution in [1.82, 2.24) is 20.1 Å². The Morgan fingerprint density at radius 1 is 1.34 bits per heavy atom. The summed E-state index contributed by atoms with van der Waals surface area (Å²) in [6.45, 7) is 4.45. The summed E-state index contributed by atoms with van der Waals surface area (Å²) >= 11 is 0. The number of amides is 2. The molecule has 1 saturated heterocycles. The second kappa shape index (κ2) is 7.31. The molecule has 2 amide bonds. The van der Waals surface area contributed by atoms with Gasteiger partial charge in [-0.2, -0.15) is 13.2 Å². The topological polar surface area (TPSA) is 67.0 Å². The highest BCUT2D eigenvalue weighted by atomic mass is 19.4. The maximum atomic E-state index is 12.5. The first kappa shape index (κ1) is 19.7. The number of rotatable bonds is 4. The van der Waals surface area contributed by atoms with Crippen LogP contribution in [0.25, 0.3) is 0 Å². The van der Waals surface area contributed by atoms with Crippen LogP contribution in [-0.2, 0) is 0 Å². The molecule has 29 heavy (non-hydrogen) atoms. The Morgan fingerprint density at radius 2 is 2.14 bits per heavy atom. The molecule has 3 aliphatic rings. The summed E-state index contributed by atoms with van der Waals surface area (Å²) < 4.78 is 37.4. The van der Waals surface area contributed by atoms with Crippen LogP contribution in [0.5, 0.6) is 0 Å². The van der Waals surface area contributed by atoms with Crippen LogP contribution in [0.15, 0.2) is 29.2 Å². The van der Waals surface area contributed by atoms with Gasteiger partial charge >= 0.3 is 12.2 Å². The molecule has 4 rings (SSSR count). The summed E-state index contributed by atoms with van der Waals surface area (Å²) in [6.07, 6.45) is 2.26. The van der Waals surface area contributed by atoms with Crippen molar-refractivity contribution >= 4 is 23.8 Å². The van der Waals surface area contributed by atoms with Crippen LogP contribution in [0.1, 0.15) is 20.3 Å². The molecule has 2 N–H and O–H groups in total. The molecular formula is C19H25F3N6O. The molecule has 1 aromatic rings. The molecule has 4 heterocycles. The van der Waals surface area contributed by atoms with E-state index in [1.165, 1.54) is 4.90 Å². The Morgan fingerprint density at radius 3 is 2.83 bits per heavy atom. The quantitative estimate of drug-likeness (QED) is 0.801. The van der Waals surface area contributed by atoms with Crippen molar-refractivity contribution in [1.29, 1.82) is 0 Å². The fraction of sp³-hybridized carbons (Fsp3) is 0.579. The van der Waals surface area contributed by atoms with Crippen LogP contribution < -0.4 is 10.2 Å². The number of anilines is 1. The smallest absolute Gasteiger partial charge is 0.351 e. The average Bonchev–Trinajstić information content (AvgIpc) is 3.39. The number of carbonyl (C=O) groups is 1. The van der Waals surface area contributed by atoms with Crippen LogP contribution in [0.3, 0.4) is 0 Å². The van der Waals surface area contributed by atoms with Crippen molar-refractivity contribution in [2.75, 3.05) is 31.1 Å². The number of likely N-dealkylation sites (tertiary alicyclic amines) is 1. The molecule has 0 saturated carbocycles. The van der Waals surface area contributed by atoms with E-state index in [1.54, 1.807) is 0 Å². The minimum atomic E-state index is -4.42. The van der Waals surface area contributed by atoms with Gasteiger partial charge in [0.15, 0.2) is 5.82 Å². The van der Waals surface area contributed by atoms with E-state index in [9.17, 15) is 18.0 Å². The molecule has 10 heteroatoms. The van der Waals surface area contributed by atoms with Crippen molar-refractivity contribution in [3.63, 3.8) is 0 Å². The molecule has 1 fully saturated rings. The standard InChI is InChI=1S/C19H25F3N6O/c1-3-12-8-27(18(29)25-11-19(20,21)22)9-13(12)15-10-26(4-2)16-7-24-17-14(28(15)16)5-6-23-17/h5-7,10,12-13,16,23H,3-4,8-9,11H2,1-2H3,(H,25,29)/t12-,13+,16?/m1/s1. The molecule has 3 atom stereocenters. The number of alkyl halides is 3. The van der Waals surface area contributed by atoms with Gasteiger partial charge in [-0.25, -0.2) is 9.79 Å². The maximum Gasteiger partial charge on any atom is 0.405 e. The van der Waals surface area contributed by atoms with Crippen molar-refractivity contribution < 1.29 is 18.0 Å². The van der Waals surface area contributed by atoms with Crippen molar-refractivity contribution in [3.05, 3.63) is 24.2 Å². The molecule has 7 nitrogen and oxygen atoms in total. The number of H-pyrrole nitrogens is 1. The van der Waals surface area contributed by atoms with Gasteiger partial charge in [0.25, 0.3) is 0 Å². The van der Waals surface area contributed by atoms with Crippen molar-refractivity contribution in [2.24, 2.45) is 16.8 Å². The van der Waals surface area contributed by atoms with E-state index in [1.807, 2.05) is 23.8 Å². The zero-order valence-corrected chi connectivity index (χ0v) is 16.4. The summed E-state index contributed by atoms with van der Waals surface area (Å²) in [4.78, 5) is 25.9. The number of fused-ring (bicyclic) bond motifs is 3. The number of hydrogen-bond donors (Lipinski definition) is 2. The number of aromatic amines is 1. The minimum Gasteiger partial charge on any atom is -0.351 e. The lowest BCUT2D eigenvalue weighted by Gasteiger charge is -2.35. The monoisotopic (exact) mass is 410 g/mol. The predicted molar refractivity (Wildman–Crippen MR) is 104 cm³/mol. The molecule has 1 aromatic heterocycles. The Labute approximate surface area is 167 Å². The van der Waals surface area contributed by atoms with Crippen molar-refractivity contribution in [2.45, 2.75) is 32.6 Å². The van der Waals surface area contributed by atoms with Gasteiger partial charge in [-0.15, -0.1) is 0 Å². The second-order valence-corrected chi connectivity index (χ2v) is 7.61. The normalized spacial score (nSPS) is 25.9. The second-order valence-electron chi connectivity index (χ2n) is 7.61. The molecule has 0 aromatic carbocycles. The largest absolute Gasteiger partial charge is 0.405 e. The van der Waals surface area contributed by atoms with E-state index in [4.69, 9.17) is 0 Å². The summed E-state index contributed by atoms with van der Waals surface area (Å²) in [7, 11) is 0. The Kier molecular flexibility index (Phi) is 4.95. The molecule has 3 aliphatic heterocycles. The molecule has 158 valence electrons. The summed E-state index contributed by atoms with van der Waals surface area (Å²) in [5.41, 5.74) is 2.07. The zero-order valence-electron chi connectivity index (χ0n) is 16.4. The fourth-order valence-corrected chi connectivity index (χ4v) is 4.46. The number of halogens is 3. The molecule has 1 unspecified atom stereocenters. The van der Waals surface area contributed by atoms with Crippen LogP contribution in [-0.4, -0.2) is 65.6 Å². The first-order valence-electron chi connectivity index (χ1n) is 9.90. The van der Waals surface area contributed by atoms with E-state index < -0.39 is 18.8 Å². The Bertz CT molecular complexity index is 832. The minimum absolute atomic E-state index is 0.0242. The Balaban J connectivity index is 1.56. The van der Waals surface area contributed by atoms with E-state index >= 15 is 0 Å². The number of aromatic nitrogens is 1. The van der Waals surface area contributed by atoms with Gasteiger partial charge in [0.2, 0.25) is 0 Å². The lowest BCUT2D eigenvalue weighted by molar-refractivity contribution is -0.123. The predicted octanol–water partition coefficient (Wildman–Crippen LogP) is 3.27. The van der Waals surface area contributed by atoms with Gasteiger partial charge < -0.3 is 25.0 Å². The first-order valence-corrected chi connectivity index (χ1v) is 9.90. The van der Waals surface area contributed by atoms with Gasteiger partial charge in [-0.05, 0) is 18.9 Å². The van der Waals surface area contributed by atoms with Gasteiger partial charge in [0, 0.05) is 43.6 Å². The summed E-state index contributed by atoms with van der Waals surface area (Å²) in [5, 5.41) is 2.00. The highest BCUT2D eigenvalue weighted by Crippen LogP contribution is 2.44. The zero-order chi connectivity index (χ0) is 20.8. The highest BCUT2D eigenvalue weighted by molar-refractivity contribution is 5.85. The number of urea groups is 1. The SMILES string of the molecule is CC[C@@H]1CN(C(=O)NCC(F)(F)F)C[C@@H]1C1=CN(CC)C2C=Nc3[nH]ccc3N12. The fourth-order valence-electron chi connectivity index (χ4n) is 4.46. The van der Waals surface area contributed by atoms with Crippen molar-refractivity contribution in [3.8, 4) is 0 Å². The number of nitrogens with one attached hydrogen (secondary N) is 2. The first-order chi connectivity index (χ1) is 13.8. The maximum absolute atomic E-state index is 12.5. The molecule has 0 aliphatic carbocycles. The number of aliphatic imine (C=N–C) groups is 1. The van der Waals surface area contributed by atoms with Crippen LogP contribution >= 0.6 is 0 Å². The molecule has 0 spiro atoms.